The van der Waals surface area contributed by atoms with Crippen LogP contribution in [0.15, 0.2) is 23.1 Å². The number of ether oxygens (including phenoxy) is 1. The number of carbonyl (C=O) groups excluding carboxylic acids is 1. The van der Waals surface area contributed by atoms with E-state index in [0.717, 1.165) is 0 Å². The van der Waals surface area contributed by atoms with Crippen molar-refractivity contribution < 1.29 is 31.1 Å². The van der Waals surface area contributed by atoms with Gasteiger partial charge in [0.05, 0.1) is 7.11 Å². The number of amides is 1. The zero-order valence-corrected chi connectivity index (χ0v) is 13.3. The first-order valence-electron chi connectivity index (χ1n) is 6.56. The second-order valence-electron chi connectivity index (χ2n) is 4.81. The fourth-order valence-corrected chi connectivity index (χ4v) is 2.67. The van der Waals surface area contributed by atoms with Crippen molar-refractivity contribution in [3.63, 3.8) is 0 Å². The van der Waals surface area contributed by atoms with E-state index in [1.807, 2.05) is 5.32 Å². The third kappa shape index (κ3) is 5.39. The molecule has 1 amide bonds. The van der Waals surface area contributed by atoms with Crippen LogP contribution in [0.25, 0.3) is 0 Å². The summed E-state index contributed by atoms with van der Waals surface area (Å²) in [5.74, 6) is -2.01. The highest BCUT2D eigenvalue weighted by Gasteiger charge is 2.39. The highest BCUT2D eigenvalue weighted by atomic mass is 32.2. The number of methoxy groups -OCH3 is 1. The second-order valence-corrected chi connectivity index (χ2v) is 6.34. The number of sulfonamides is 1. The van der Waals surface area contributed by atoms with Crippen LogP contribution < -0.4 is 15.2 Å². The molecule has 0 aliphatic rings. The smallest absolute Gasteiger partial charge is 0.471 e. The Morgan fingerprint density at radius 1 is 1.39 bits per heavy atom. The van der Waals surface area contributed by atoms with Gasteiger partial charge in [-0.2, -0.15) is 13.2 Å². The van der Waals surface area contributed by atoms with Crippen LogP contribution >= 0.6 is 0 Å². The SMILES string of the molecule is CCC(Cc1ccc(OC)c(S(N)(=O)=O)c1)NC(=O)C(F)(F)F. The summed E-state index contributed by atoms with van der Waals surface area (Å²) in [6.07, 6.45) is -4.72. The van der Waals surface area contributed by atoms with Crippen LogP contribution in [0, 0.1) is 0 Å². The van der Waals surface area contributed by atoms with Gasteiger partial charge in [0, 0.05) is 6.04 Å². The molecule has 1 unspecified atom stereocenters. The maximum atomic E-state index is 12.3. The topological polar surface area (TPSA) is 98.5 Å². The van der Waals surface area contributed by atoms with Gasteiger partial charge < -0.3 is 10.1 Å². The number of benzene rings is 1. The predicted octanol–water partition coefficient (Wildman–Crippen LogP) is 1.34. The van der Waals surface area contributed by atoms with Gasteiger partial charge in [-0.15, -0.1) is 0 Å². The first-order valence-corrected chi connectivity index (χ1v) is 8.11. The molecule has 130 valence electrons. The Labute approximate surface area is 131 Å². The zero-order valence-electron chi connectivity index (χ0n) is 12.5. The molecule has 23 heavy (non-hydrogen) atoms. The lowest BCUT2D eigenvalue weighted by Crippen LogP contribution is -2.43. The van der Waals surface area contributed by atoms with Crippen molar-refractivity contribution in [2.45, 2.75) is 36.9 Å². The highest BCUT2D eigenvalue weighted by Crippen LogP contribution is 2.24. The van der Waals surface area contributed by atoms with Gasteiger partial charge in [0.2, 0.25) is 10.0 Å². The van der Waals surface area contributed by atoms with E-state index in [0.29, 0.717) is 5.56 Å². The Bertz CT molecular complexity index is 674. The largest absolute Gasteiger partial charge is 0.495 e. The Morgan fingerprint density at radius 3 is 2.43 bits per heavy atom. The van der Waals surface area contributed by atoms with E-state index < -0.39 is 28.1 Å². The summed E-state index contributed by atoms with van der Waals surface area (Å²) in [5, 5.41) is 6.94. The average Bonchev–Trinajstić information content (AvgIpc) is 2.44. The van der Waals surface area contributed by atoms with E-state index in [1.54, 1.807) is 6.92 Å². The number of hydrogen-bond acceptors (Lipinski definition) is 4. The summed E-state index contributed by atoms with van der Waals surface area (Å²) in [6, 6.07) is 3.27. The van der Waals surface area contributed by atoms with Crippen LogP contribution in [0.2, 0.25) is 0 Å². The number of hydrogen-bond donors (Lipinski definition) is 2. The number of nitrogens with two attached hydrogens (primary N) is 1. The Hall–Kier alpha value is -1.81. The number of rotatable bonds is 6. The minimum atomic E-state index is -4.97. The van der Waals surface area contributed by atoms with Crippen molar-refractivity contribution in [2.24, 2.45) is 5.14 Å². The fraction of sp³-hybridized carbons (Fsp3) is 0.462. The third-order valence-corrected chi connectivity index (χ3v) is 4.03. The minimum absolute atomic E-state index is 0.0187. The molecule has 1 atom stereocenters. The van der Waals surface area contributed by atoms with Crippen molar-refractivity contribution in [2.75, 3.05) is 7.11 Å². The standard InChI is InChI=1S/C13H17F3N2O4S/c1-3-9(18-12(19)13(14,15)16)6-8-4-5-10(22-2)11(7-8)23(17,20)21/h4-5,7,9H,3,6H2,1-2H3,(H,18,19)(H2,17,20,21). The van der Waals surface area contributed by atoms with Gasteiger partial charge in [-0.3, -0.25) is 4.79 Å². The lowest BCUT2D eigenvalue weighted by atomic mass is 10.0. The van der Waals surface area contributed by atoms with Crippen LogP contribution in [-0.4, -0.2) is 33.7 Å². The van der Waals surface area contributed by atoms with Crippen molar-refractivity contribution in [3.05, 3.63) is 23.8 Å². The summed E-state index contributed by atoms with van der Waals surface area (Å²) < 4.78 is 64.7. The second kappa shape index (κ2) is 7.18. The van der Waals surface area contributed by atoms with E-state index in [2.05, 4.69) is 0 Å². The van der Waals surface area contributed by atoms with Crippen molar-refractivity contribution in [1.82, 2.24) is 5.32 Å². The normalized spacial score (nSPS) is 13.5. The number of nitrogens with one attached hydrogen (secondary N) is 1. The van der Waals surface area contributed by atoms with Gasteiger partial charge in [-0.1, -0.05) is 13.0 Å². The highest BCUT2D eigenvalue weighted by molar-refractivity contribution is 7.89. The summed E-state index contributed by atoms with van der Waals surface area (Å²) in [4.78, 5) is 10.7. The van der Waals surface area contributed by atoms with Gasteiger partial charge in [0.1, 0.15) is 10.6 Å². The minimum Gasteiger partial charge on any atom is -0.495 e. The van der Waals surface area contributed by atoms with Crippen LogP contribution in [-0.2, 0) is 21.2 Å². The van der Waals surface area contributed by atoms with Crippen LogP contribution in [0.5, 0.6) is 5.75 Å². The summed E-state index contributed by atoms with van der Waals surface area (Å²) >= 11 is 0. The number of alkyl halides is 3. The molecule has 1 aromatic carbocycles. The van der Waals surface area contributed by atoms with E-state index in [4.69, 9.17) is 9.88 Å². The Morgan fingerprint density at radius 2 is 2.00 bits per heavy atom. The zero-order chi connectivity index (χ0) is 17.8. The summed E-state index contributed by atoms with van der Waals surface area (Å²) in [5.41, 5.74) is 0.407. The molecular weight excluding hydrogens is 337 g/mol. The quantitative estimate of drug-likeness (QED) is 0.805. The lowest BCUT2D eigenvalue weighted by Gasteiger charge is -2.18. The molecule has 0 radical (unpaired) electrons. The van der Waals surface area contributed by atoms with Gasteiger partial charge in [-0.05, 0) is 30.5 Å². The van der Waals surface area contributed by atoms with Gasteiger partial charge in [-0.25, -0.2) is 13.6 Å². The van der Waals surface area contributed by atoms with E-state index in [-0.39, 0.29) is 23.5 Å². The molecule has 1 aromatic rings. The van der Waals surface area contributed by atoms with Gasteiger partial charge in [0.15, 0.2) is 0 Å². The molecule has 10 heteroatoms. The summed E-state index contributed by atoms with van der Waals surface area (Å²) in [7, 11) is -2.78. The van der Waals surface area contributed by atoms with Crippen molar-refractivity contribution in [3.8, 4) is 5.75 Å². The number of halogens is 3. The molecule has 0 bridgehead atoms. The molecule has 0 fully saturated rings. The molecule has 0 heterocycles. The molecule has 0 spiro atoms. The first kappa shape index (κ1) is 19.2. The molecular formula is C13H17F3N2O4S. The Balaban J connectivity index is 3.01. The Kier molecular flexibility index (Phi) is 6.00. The van der Waals surface area contributed by atoms with Gasteiger partial charge in [0.25, 0.3) is 0 Å². The van der Waals surface area contributed by atoms with Crippen LogP contribution in [0.1, 0.15) is 18.9 Å². The molecule has 0 aromatic heterocycles. The monoisotopic (exact) mass is 354 g/mol. The van der Waals surface area contributed by atoms with Gasteiger partial charge >= 0.3 is 12.1 Å². The predicted molar refractivity (Wildman–Crippen MR) is 76.3 cm³/mol. The molecule has 1 rings (SSSR count). The fourth-order valence-electron chi connectivity index (χ4n) is 1.92. The van der Waals surface area contributed by atoms with Crippen LogP contribution in [0.4, 0.5) is 13.2 Å². The molecule has 0 saturated heterocycles. The molecule has 0 aliphatic heterocycles. The maximum Gasteiger partial charge on any atom is 0.471 e. The van der Waals surface area contributed by atoms with E-state index >= 15 is 0 Å². The maximum absolute atomic E-state index is 12.3. The van der Waals surface area contributed by atoms with E-state index in [9.17, 15) is 26.4 Å². The molecule has 3 N–H and O–H groups in total. The van der Waals surface area contributed by atoms with Crippen LogP contribution in [0.3, 0.4) is 0 Å². The first-order chi connectivity index (χ1) is 10.5. The number of primary sulfonamides is 1. The van der Waals surface area contributed by atoms with Crippen molar-refractivity contribution in [1.29, 1.82) is 0 Å². The van der Waals surface area contributed by atoms with E-state index in [1.165, 1.54) is 25.3 Å². The van der Waals surface area contributed by atoms with Crippen molar-refractivity contribution >= 4 is 15.9 Å². The third-order valence-electron chi connectivity index (χ3n) is 3.10. The molecule has 0 saturated carbocycles. The average molecular weight is 354 g/mol. The lowest BCUT2D eigenvalue weighted by molar-refractivity contribution is -0.174. The number of carbonyl (C=O) groups is 1. The summed E-state index contributed by atoms with van der Waals surface area (Å²) in [6.45, 7) is 1.60. The molecule has 0 aliphatic carbocycles. The molecule has 6 nitrogen and oxygen atoms in total.